The van der Waals surface area contributed by atoms with Gasteiger partial charge in [-0.3, -0.25) is 4.79 Å². The predicted molar refractivity (Wildman–Crippen MR) is 94.5 cm³/mol. The molecule has 1 aromatic carbocycles. The second kappa shape index (κ2) is 8.09. The minimum Gasteiger partial charge on any atom is -0.334 e. The van der Waals surface area contributed by atoms with Gasteiger partial charge in [-0.25, -0.2) is 13.1 Å². The van der Waals surface area contributed by atoms with Crippen molar-refractivity contribution >= 4 is 15.9 Å². The summed E-state index contributed by atoms with van der Waals surface area (Å²) in [5.41, 5.74) is 0.527. The minimum absolute atomic E-state index is 0.0358. The summed E-state index contributed by atoms with van der Waals surface area (Å²) in [4.78, 5) is 14.9. The van der Waals surface area contributed by atoms with Crippen LogP contribution in [0, 0.1) is 0 Å². The number of nitrogens with zero attached hydrogens (tertiary/aromatic N) is 1. The summed E-state index contributed by atoms with van der Waals surface area (Å²) in [5, 5.41) is 3.28. The highest BCUT2D eigenvalue weighted by atomic mass is 32.2. The SMILES string of the molecule is CCCN(C(=O)c1ccc(S(=O)(=O)NC(C)C)cc1)C1CCNC1. The van der Waals surface area contributed by atoms with Crippen LogP contribution in [0.2, 0.25) is 0 Å². The van der Waals surface area contributed by atoms with Gasteiger partial charge in [-0.2, -0.15) is 0 Å². The lowest BCUT2D eigenvalue weighted by Gasteiger charge is -2.28. The molecule has 0 spiro atoms. The Bertz CT molecular complexity index is 650. The average molecular weight is 353 g/mol. The minimum atomic E-state index is -3.53. The molecule has 0 aliphatic carbocycles. The zero-order valence-corrected chi connectivity index (χ0v) is 15.4. The molecule has 1 heterocycles. The molecular formula is C17H27N3O3S. The fourth-order valence-electron chi connectivity index (χ4n) is 2.92. The molecule has 1 fully saturated rings. The second-order valence-electron chi connectivity index (χ2n) is 6.45. The monoisotopic (exact) mass is 353 g/mol. The van der Waals surface area contributed by atoms with E-state index in [1.807, 2.05) is 4.90 Å². The lowest BCUT2D eigenvalue weighted by atomic mass is 10.1. The molecule has 2 rings (SSSR count). The Morgan fingerprint density at radius 3 is 2.50 bits per heavy atom. The molecule has 1 aliphatic rings. The van der Waals surface area contributed by atoms with Gasteiger partial charge in [-0.15, -0.1) is 0 Å². The Labute approximate surface area is 144 Å². The first-order valence-electron chi connectivity index (χ1n) is 8.49. The number of carbonyl (C=O) groups excluding carboxylic acids is 1. The number of rotatable bonds is 7. The normalized spacial score (nSPS) is 18.1. The van der Waals surface area contributed by atoms with Crippen LogP contribution in [0.5, 0.6) is 0 Å². The van der Waals surface area contributed by atoms with Crippen LogP contribution in [-0.4, -0.2) is 50.9 Å². The Morgan fingerprint density at radius 1 is 1.33 bits per heavy atom. The Morgan fingerprint density at radius 2 is 2.00 bits per heavy atom. The van der Waals surface area contributed by atoms with E-state index >= 15 is 0 Å². The van der Waals surface area contributed by atoms with E-state index in [9.17, 15) is 13.2 Å². The molecule has 6 nitrogen and oxygen atoms in total. The maximum atomic E-state index is 12.8. The number of hydrogen-bond acceptors (Lipinski definition) is 4. The van der Waals surface area contributed by atoms with Crippen molar-refractivity contribution in [3.05, 3.63) is 29.8 Å². The number of amides is 1. The van der Waals surface area contributed by atoms with E-state index in [4.69, 9.17) is 0 Å². The second-order valence-corrected chi connectivity index (χ2v) is 8.16. The van der Waals surface area contributed by atoms with Crippen LogP contribution < -0.4 is 10.0 Å². The quantitative estimate of drug-likeness (QED) is 0.780. The van der Waals surface area contributed by atoms with Crippen molar-refractivity contribution in [3.8, 4) is 0 Å². The largest absolute Gasteiger partial charge is 0.334 e. The molecule has 0 aromatic heterocycles. The average Bonchev–Trinajstić information content (AvgIpc) is 3.05. The van der Waals surface area contributed by atoms with Crippen molar-refractivity contribution < 1.29 is 13.2 Å². The summed E-state index contributed by atoms with van der Waals surface area (Å²) in [6.07, 6.45) is 1.85. The van der Waals surface area contributed by atoms with Gasteiger partial charge in [0.15, 0.2) is 0 Å². The highest BCUT2D eigenvalue weighted by Crippen LogP contribution is 2.16. The zero-order valence-electron chi connectivity index (χ0n) is 14.6. The van der Waals surface area contributed by atoms with E-state index in [0.29, 0.717) is 12.1 Å². The molecule has 1 aromatic rings. The van der Waals surface area contributed by atoms with Crippen molar-refractivity contribution in [2.45, 2.75) is 50.6 Å². The molecule has 7 heteroatoms. The molecule has 1 amide bonds. The van der Waals surface area contributed by atoms with Gasteiger partial charge in [0.2, 0.25) is 10.0 Å². The van der Waals surface area contributed by atoms with Gasteiger partial charge >= 0.3 is 0 Å². The highest BCUT2D eigenvalue weighted by molar-refractivity contribution is 7.89. The fourth-order valence-corrected chi connectivity index (χ4v) is 4.17. The summed E-state index contributed by atoms with van der Waals surface area (Å²) in [6.45, 7) is 8.05. The number of nitrogens with one attached hydrogen (secondary N) is 2. The van der Waals surface area contributed by atoms with E-state index < -0.39 is 10.0 Å². The summed E-state index contributed by atoms with van der Waals surface area (Å²) in [6, 6.07) is 6.23. The van der Waals surface area contributed by atoms with Crippen LogP contribution in [0.4, 0.5) is 0 Å². The van der Waals surface area contributed by atoms with Crippen molar-refractivity contribution in [1.29, 1.82) is 0 Å². The van der Waals surface area contributed by atoms with Gasteiger partial charge in [-0.05, 0) is 57.5 Å². The summed E-state index contributed by atoms with van der Waals surface area (Å²) in [7, 11) is -3.53. The summed E-state index contributed by atoms with van der Waals surface area (Å²) in [5.74, 6) is -0.0358. The Balaban J connectivity index is 2.17. The molecule has 0 radical (unpaired) electrons. The number of carbonyl (C=O) groups is 1. The topological polar surface area (TPSA) is 78.5 Å². The summed E-state index contributed by atoms with van der Waals surface area (Å²) < 4.78 is 26.8. The molecule has 134 valence electrons. The Kier molecular flexibility index (Phi) is 6.37. The molecule has 24 heavy (non-hydrogen) atoms. The first-order chi connectivity index (χ1) is 11.3. The van der Waals surface area contributed by atoms with Crippen LogP contribution >= 0.6 is 0 Å². The molecule has 1 atom stereocenters. The fraction of sp³-hybridized carbons (Fsp3) is 0.588. The van der Waals surface area contributed by atoms with Gasteiger partial charge in [0.05, 0.1) is 4.90 Å². The van der Waals surface area contributed by atoms with Gasteiger partial charge in [0, 0.05) is 30.7 Å². The number of sulfonamides is 1. The molecule has 1 unspecified atom stereocenters. The van der Waals surface area contributed by atoms with Gasteiger partial charge in [0.25, 0.3) is 5.91 Å². The van der Waals surface area contributed by atoms with Crippen LogP contribution in [0.25, 0.3) is 0 Å². The first-order valence-corrected chi connectivity index (χ1v) is 9.97. The van der Waals surface area contributed by atoms with Crippen LogP contribution in [0.15, 0.2) is 29.2 Å². The van der Waals surface area contributed by atoms with Crippen LogP contribution in [-0.2, 0) is 10.0 Å². The van der Waals surface area contributed by atoms with Gasteiger partial charge in [0.1, 0.15) is 0 Å². The maximum Gasteiger partial charge on any atom is 0.254 e. The van der Waals surface area contributed by atoms with E-state index in [0.717, 1.165) is 25.9 Å². The van der Waals surface area contributed by atoms with Gasteiger partial charge < -0.3 is 10.2 Å². The molecule has 2 N–H and O–H groups in total. The number of hydrogen-bond donors (Lipinski definition) is 2. The van der Waals surface area contributed by atoms with E-state index in [2.05, 4.69) is 17.0 Å². The third-order valence-corrected chi connectivity index (χ3v) is 5.68. The van der Waals surface area contributed by atoms with E-state index in [-0.39, 0.29) is 22.9 Å². The van der Waals surface area contributed by atoms with Crippen LogP contribution in [0.3, 0.4) is 0 Å². The van der Waals surface area contributed by atoms with E-state index in [1.165, 1.54) is 12.1 Å². The summed E-state index contributed by atoms with van der Waals surface area (Å²) >= 11 is 0. The van der Waals surface area contributed by atoms with Crippen molar-refractivity contribution in [2.75, 3.05) is 19.6 Å². The third-order valence-electron chi connectivity index (χ3n) is 4.00. The Hall–Kier alpha value is -1.44. The molecule has 0 bridgehead atoms. The highest BCUT2D eigenvalue weighted by Gasteiger charge is 2.27. The third kappa shape index (κ3) is 4.55. The smallest absolute Gasteiger partial charge is 0.254 e. The zero-order chi connectivity index (χ0) is 17.7. The lowest BCUT2D eigenvalue weighted by Crippen LogP contribution is -2.42. The maximum absolute atomic E-state index is 12.8. The van der Waals surface area contributed by atoms with Crippen LogP contribution in [0.1, 0.15) is 44.0 Å². The molecule has 1 saturated heterocycles. The standard InChI is InChI=1S/C17H27N3O3S/c1-4-11-20(15-9-10-18-12-15)17(21)14-5-7-16(8-6-14)24(22,23)19-13(2)3/h5-8,13,15,18-19H,4,9-12H2,1-3H3. The van der Waals surface area contributed by atoms with Crippen molar-refractivity contribution in [2.24, 2.45) is 0 Å². The number of benzene rings is 1. The first kappa shape index (κ1) is 18.9. The lowest BCUT2D eigenvalue weighted by molar-refractivity contribution is 0.0692. The van der Waals surface area contributed by atoms with Gasteiger partial charge in [-0.1, -0.05) is 6.92 Å². The molecule has 1 aliphatic heterocycles. The van der Waals surface area contributed by atoms with E-state index in [1.54, 1.807) is 26.0 Å². The predicted octanol–water partition coefficient (Wildman–Crippen LogP) is 1.59. The molecule has 0 saturated carbocycles. The molecular weight excluding hydrogens is 326 g/mol. The van der Waals surface area contributed by atoms with Crippen molar-refractivity contribution in [3.63, 3.8) is 0 Å². The van der Waals surface area contributed by atoms with Crippen molar-refractivity contribution in [1.82, 2.24) is 14.9 Å².